The molecule has 0 fully saturated rings. The van der Waals surface area contributed by atoms with E-state index < -0.39 is 29.1 Å². The van der Waals surface area contributed by atoms with Gasteiger partial charge in [0.25, 0.3) is 0 Å². The van der Waals surface area contributed by atoms with Crippen LogP contribution in [-0.4, -0.2) is 28.3 Å². The minimum Gasteiger partial charge on any atom is -0.388 e. The Morgan fingerprint density at radius 3 is 2.16 bits per heavy atom. The molecule has 132 valence electrons. The maximum Gasteiger partial charge on any atom is 0.398 e. The largest absolute Gasteiger partial charge is 0.398 e. The van der Waals surface area contributed by atoms with Crippen molar-refractivity contribution in [1.82, 2.24) is 0 Å². The van der Waals surface area contributed by atoms with E-state index in [1.165, 1.54) is 6.08 Å². The van der Waals surface area contributed by atoms with Crippen LogP contribution in [0.3, 0.4) is 0 Å². The van der Waals surface area contributed by atoms with Crippen LogP contribution >= 0.6 is 11.8 Å². The maximum absolute atomic E-state index is 12.4. The highest BCUT2D eigenvalue weighted by atomic mass is 32.2. The molecule has 0 aliphatic rings. The highest BCUT2D eigenvalue weighted by Gasteiger charge is 2.33. The van der Waals surface area contributed by atoms with E-state index >= 15 is 0 Å². The van der Waals surface area contributed by atoms with E-state index in [0.29, 0.717) is 5.56 Å². The number of benzene rings is 2. The SMILES string of the molecule is O=C(SCC(F)(F)F)C(c1ccccc1)C(O)C=Cc1ccccc1. The normalized spacial score (nSPS) is 14.4. The van der Waals surface area contributed by atoms with Crippen LogP contribution in [-0.2, 0) is 4.79 Å². The van der Waals surface area contributed by atoms with Crippen molar-refractivity contribution in [3.05, 3.63) is 77.9 Å². The molecular weight excluding hydrogens is 349 g/mol. The lowest BCUT2D eigenvalue weighted by Gasteiger charge is -2.20. The van der Waals surface area contributed by atoms with Crippen molar-refractivity contribution in [2.24, 2.45) is 0 Å². The van der Waals surface area contributed by atoms with Crippen molar-refractivity contribution in [3.63, 3.8) is 0 Å². The number of halogens is 3. The second-order valence-corrected chi connectivity index (χ2v) is 6.35. The first kappa shape index (κ1) is 19.3. The molecule has 0 amide bonds. The Kier molecular flexibility index (Phi) is 6.84. The first-order chi connectivity index (χ1) is 11.9. The van der Waals surface area contributed by atoms with Crippen molar-refractivity contribution in [2.45, 2.75) is 18.2 Å². The summed E-state index contributed by atoms with van der Waals surface area (Å²) in [5, 5.41) is 9.71. The van der Waals surface area contributed by atoms with Gasteiger partial charge in [0.15, 0.2) is 5.12 Å². The fourth-order valence-corrected chi connectivity index (χ4v) is 3.02. The molecule has 1 N–H and O–H groups in total. The lowest BCUT2D eigenvalue weighted by Crippen LogP contribution is -2.24. The van der Waals surface area contributed by atoms with Crippen molar-refractivity contribution in [3.8, 4) is 0 Å². The van der Waals surface area contributed by atoms with Gasteiger partial charge in [0.05, 0.1) is 17.8 Å². The third-order valence-corrected chi connectivity index (χ3v) is 4.43. The molecule has 0 bridgehead atoms. The predicted octanol–water partition coefficient (Wildman–Crippen LogP) is 4.67. The van der Waals surface area contributed by atoms with E-state index in [0.717, 1.165) is 5.56 Å². The van der Waals surface area contributed by atoms with Gasteiger partial charge < -0.3 is 5.11 Å². The topological polar surface area (TPSA) is 37.3 Å². The second-order valence-electron chi connectivity index (χ2n) is 5.37. The Labute approximate surface area is 148 Å². The van der Waals surface area contributed by atoms with Crippen LogP contribution < -0.4 is 0 Å². The molecule has 2 atom stereocenters. The lowest BCUT2D eigenvalue weighted by atomic mass is 9.94. The Morgan fingerprint density at radius 1 is 1.04 bits per heavy atom. The monoisotopic (exact) mass is 366 g/mol. The minimum absolute atomic E-state index is 0.179. The molecular formula is C19H17F3O2S. The van der Waals surface area contributed by atoms with E-state index in [-0.39, 0.29) is 11.8 Å². The average molecular weight is 366 g/mol. The molecule has 2 unspecified atom stereocenters. The molecule has 0 saturated carbocycles. The van der Waals surface area contributed by atoms with E-state index in [4.69, 9.17) is 0 Å². The average Bonchev–Trinajstić information content (AvgIpc) is 2.60. The van der Waals surface area contributed by atoms with Gasteiger partial charge in [0.2, 0.25) is 0 Å². The summed E-state index contributed by atoms with van der Waals surface area (Å²) in [4.78, 5) is 12.3. The van der Waals surface area contributed by atoms with Crippen molar-refractivity contribution < 1.29 is 23.1 Å². The van der Waals surface area contributed by atoms with Gasteiger partial charge in [0, 0.05) is 0 Å². The highest BCUT2D eigenvalue weighted by Crippen LogP contribution is 2.30. The van der Waals surface area contributed by atoms with E-state index in [1.807, 2.05) is 30.3 Å². The summed E-state index contributed by atoms with van der Waals surface area (Å²) in [6, 6.07) is 17.5. The zero-order chi connectivity index (χ0) is 18.3. The zero-order valence-electron chi connectivity index (χ0n) is 13.2. The molecule has 0 spiro atoms. The smallest absolute Gasteiger partial charge is 0.388 e. The number of carbonyl (C=O) groups is 1. The number of rotatable bonds is 6. The Morgan fingerprint density at radius 2 is 1.60 bits per heavy atom. The molecule has 0 aliphatic carbocycles. The summed E-state index contributed by atoms with van der Waals surface area (Å²) in [7, 11) is 0. The van der Waals surface area contributed by atoms with Crippen LogP contribution in [0.2, 0.25) is 0 Å². The molecule has 0 aromatic heterocycles. The number of hydrogen-bond acceptors (Lipinski definition) is 3. The number of hydrogen-bond donors (Lipinski definition) is 1. The summed E-state index contributed by atoms with van der Waals surface area (Å²) >= 11 is 0.179. The second kappa shape index (κ2) is 8.87. The predicted molar refractivity (Wildman–Crippen MR) is 94.2 cm³/mol. The third kappa shape index (κ3) is 6.40. The van der Waals surface area contributed by atoms with Crippen LogP contribution in [0.4, 0.5) is 13.2 Å². The molecule has 2 nitrogen and oxygen atoms in total. The number of aliphatic hydroxyl groups excluding tert-OH is 1. The van der Waals surface area contributed by atoms with E-state index in [9.17, 15) is 23.1 Å². The van der Waals surface area contributed by atoms with Crippen LogP contribution in [0.25, 0.3) is 6.08 Å². The quantitative estimate of drug-likeness (QED) is 0.807. The van der Waals surface area contributed by atoms with Crippen molar-refractivity contribution >= 4 is 23.0 Å². The Bertz CT molecular complexity index is 700. The molecule has 2 aromatic rings. The van der Waals surface area contributed by atoms with Crippen LogP contribution in [0.1, 0.15) is 17.0 Å². The number of thioether (sulfide) groups is 1. The fourth-order valence-electron chi connectivity index (χ4n) is 2.26. The number of aliphatic hydroxyl groups is 1. The van der Waals surface area contributed by atoms with Crippen molar-refractivity contribution in [2.75, 3.05) is 5.75 Å². The lowest BCUT2D eigenvalue weighted by molar-refractivity contribution is -0.116. The number of carbonyl (C=O) groups excluding carboxylic acids is 1. The first-order valence-electron chi connectivity index (χ1n) is 7.56. The molecule has 0 saturated heterocycles. The van der Waals surface area contributed by atoms with Gasteiger partial charge in [-0.1, -0.05) is 84.6 Å². The van der Waals surface area contributed by atoms with Gasteiger partial charge in [-0.05, 0) is 11.1 Å². The van der Waals surface area contributed by atoms with Gasteiger partial charge in [-0.3, -0.25) is 4.79 Å². The molecule has 0 aliphatic heterocycles. The van der Waals surface area contributed by atoms with Gasteiger partial charge in [0.1, 0.15) is 0 Å². The van der Waals surface area contributed by atoms with Crippen molar-refractivity contribution in [1.29, 1.82) is 0 Å². The third-order valence-electron chi connectivity index (χ3n) is 3.42. The molecule has 0 radical (unpaired) electrons. The van der Waals surface area contributed by atoms with Crippen LogP contribution in [0, 0.1) is 0 Å². The van der Waals surface area contributed by atoms with Crippen LogP contribution in [0.5, 0.6) is 0 Å². The molecule has 2 rings (SSSR count). The zero-order valence-corrected chi connectivity index (χ0v) is 14.0. The summed E-state index contributed by atoms with van der Waals surface area (Å²) in [6.07, 6.45) is -2.59. The first-order valence-corrected chi connectivity index (χ1v) is 8.55. The Hall–Kier alpha value is -2.05. The summed E-state index contributed by atoms with van der Waals surface area (Å²) in [5.74, 6) is -2.34. The summed E-state index contributed by atoms with van der Waals surface area (Å²) < 4.78 is 37.2. The number of alkyl halides is 3. The standard InChI is InChI=1S/C19H17F3O2S/c20-19(21,22)13-25-18(24)17(15-9-5-2-6-10-15)16(23)12-11-14-7-3-1-4-8-14/h1-12,16-17,23H,13H2. The van der Waals surface area contributed by atoms with Gasteiger partial charge in [-0.15, -0.1) is 0 Å². The van der Waals surface area contributed by atoms with Gasteiger partial charge in [-0.2, -0.15) is 13.2 Å². The minimum atomic E-state index is -4.44. The molecule has 25 heavy (non-hydrogen) atoms. The highest BCUT2D eigenvalue weighted by molar-refractivity contribution is 8.13. The Balaban J connectivity index is 2.19. The van der Waals surface area contributed by atoms with Crippen LogP contribution in [0.15, 0.2) is 66.7 Å². The van der Waals surface area contributed by atoms with Gasteiger partial charge in [-0.25, -0.2) is 0 Å². The molecule has 6 heteroatoms. The van der Waals surface area contributed by atoms with E-state index in [1.54, 1.807) is 36.4 Å². The summed E-state index contributed by atoms with van der Waals surface area (Å²) in [5.41, 5.74) is 1.30. The maximum atomic E-state index is 12.4. The van der Waals surface area contributed by atoms with Gasteiger partial charge >= 0.3 is 6.18 Å². The summed E-state index contributed by atoms with van der Waals surface area (Å²) in [6.45, 7) is 0. The molecule has 2 aromatic carbocycles. The molecule has 0 heterocycles. The fraction of sp³-hybridized carbons (Fsp3) is 0.211. The van der Waals surface area contributed by atoms with E-state index in [2.05, 4.69) is 0 Å².